The van der Waals surface area contributed by atoms with E-state index in [-0.39, 0.29) is 66.0 Å². The molecule has 8 nitrogen and oxygen atoms in total. The standard InChI is InChI=1S/4H3N.4H2O.Ru/h4*1H3;4*1H2;/q;;;;;;;;+4/p-4. The average Bonchev–Trinajstić information content (AvgIpc) is 0. The van der Waals surface area contributed by atoms with Crippen molar-refractivity contribution >= 4 is 0 Å². The third-order valence-corrected chi connectivity index (χ3v) is 0. The van der Waals surface area contributed by atoms with E-state index in [1.165, 1.54) is 0 Å². The second-order valence-electron chi connectivity index (χ2n) is 0. The second kappa shape index (κ2) is 4810. The Kier molecular flexibility index (Phi) is 3730000. The molecule has 0 radical (unpaired) electrons. The van der Waals surface area contributed by atoms with Gasteiger partial charge in [-0.3, -0.25) is 0 Å². The van der Waals surface area contributed by atoms with E-state index in [1.54, 1.807) is 0 Å². The summed E-state index contributed by atoms with van der Waals surface area (Å²) in [5.74, 6) is 0. The molecule has 0 aromatic rings. The molecule has 16 N–H and O–H groups in total. The van der Waals surface area contributed by atoms with E-state index in [2.05, 4.69) is 0 Å². The molecule has 0 aliphatic heterocycles. The Morgan fingerprint density at radius 1 is 0.333 bits per heavy atom. The van der Waals surface area contributed by atoms with Gasteiger partial charge in [-0.05, 0) is 0 Å². The average molecular weight is 237 g/mol. The predicted molar refractivity (Wildman–Crippen MR) is 27.8 cm³/mol. The summed E-state index contributed by atoms with van der Waals surface area (Å²) < 4.78 is 0. The Morgan fingerprint density at radius 2 is 0.333 bits per heavy atom. The first kappa shape index (κ1) is 6970. The van der Waals surface area contributed by atoms with Crippen LogP contribution >= 0.6 is 0 Å². The van der Waals surface area contributed by atoms with Gasteiger partial charge in [0.25, 0.3) is 0 Å². The van der Waals surface area contributed by atoms with Crippen molar-refractivity contribution < 1.29 is 41.4 Å². The first-order valence-electron chi connectivity index (χ1n) is 0. The van der Waals surface area contributed by atoms with Crippen molar-refractivity contribution in [3.05, 3.63) is 0 Å². The second-order valence-corrected chi connectivity index (χ2v) is 0. The van der Waals surface area contributed by atoms with Gasteiger partial charge in [0, 0.05) is 0 Å². The van der Waals surface area contributed by atoms with E-state index in [0.717, 1.165) is 0 Å². The molecule has 68 valence electrons. The van der Waals surface area contributed by atoms with Gasteiger partial charge in [0.1, 0.15) is 0 Å². The fourth-order valence-electron chi connectivity index (χ4n) is 0. The fraction of sp³-hybridized carbons (Fsp3) is 0. The SMILES string of the molecule is N.N.N.N.[OH-].[OH-].[OH-].[OH-].[Ru+4]. The van der Waals surface area contributed by atoms with Crippen LogP contribution in [0.2, 0.25) is 0 Å². The quantitative estimate of drug-likeness (QED) is 0.413. The maximum Gasteiger partial charge on any atom is 4.00 e. The van der Waals surface area contributed by atoms with Crippen LogP contribution in [0.4, 0.5) is 0 Å². The maximum absolute atomic E-state index is 0. The summed E-state index contributed by atoms with van der Waals surface area (Å²) >= 11 is 0. The maximum atomic E-state index is 0. The first-order chi connectivity index (χ1) is 0. The fourth-order valence-corrected chi connectivity index (χ4v) is 0. The summed E-state index contributed by atoms with van der Waals surface area (Å²) in [5.41, 5.74) is 0. The molecule has 9 heavy (non-hydrogen) atoms. The van der Waals surface area contributed by atoms with Gasteiger partial charge in [-0.25, -0.2) is 0 Å². The minimum absolute atomic E-state index is 0. The van der Waals surface area contributed by atoms with Crippen LogP contribution in [0.3, 0.4) is 0 Å². The normalized spacial score (nSPS) is 0. The van der Waals surface area contributed by atoms with Crippen LogP contribution in [0.5, 0.6) is 0 Å². The number of hydrogen-bond acceptors (Lipinski definition) is 8. The molecule has 9 heteroatoms. The molecular weight excluding hydrogens is 221 g/mol. The van der Waals surface area contributed by atoms with Crippen molar-refractivity contribution in [3.63, 3.8) is 0 Å². The zero-order chi connectivity index (χ0) is 0. The van der Waals surface area contributed by atoms with Crippen LogP contribution in [-0.2, 0) is 19.5 Å². The van der Waals surface area contributed by atoms with Gasteiger partial charge in [-0.15, -0.1) is 0 Å². The van der Waals surface area contributed by atoms with Gasteiger partial charge in [0.15, 0.2) is 0 Å². The summed E-state index contributed by atoms with van der Waals surface area (Å²) in [5, 5.41) is 0. The minimum Gasteiger partial charge on any atom is -0.870 e. The van der Waals surface area contributed by atoms with Gasteiger partial charge in [-0.1, -0.05) is 0 Å². The van der Waals surface area contributed by atoms with Crippen molar-refractivity contribution in [1.29, 1.82) is 0 Å². The van der Waals surface area contributed by atoms with E-state index in [1.807, 2.05) is 0 Å². The van der Waals surface area contributed by atoms with Gasteiger partial charge in [0.05, 0.1) is 0 Å². The Bertz CT molecular complexity index is 12.5. The van der Waals surface area contributed by atoms with Gasteiger partial charge in [0.2, 0.25) is 0 Å². The predicted octanol–water partition coefficient (Wildman–Crippen LogP) is -0.0617. The first-order valence-corrected chi connectivity index (χ1v) is 0. The van der Waals surface area contributed by atoms with Crippen LogP contribution in [0.1, 0.15) is 0 Å². The number of rotatable bonds is 0. The summed E-state index contributed by atoms with van der Waals surface area (Å²) in [7, 11) is 0. The molecule has 0 amide bonds. The van der Waals surface area contributed by atoms with E-state index >= 15 is 0 Å². The van der Waals surface area contributed by atoms with Gasteiger partial charge < -0.3 is 46.5 Å². The molecule has 0 aromatic heterocycles. The Morgan fingerprint density at radius 3 is 0.333 bits per heavy atom. The van der Waals surface area contributed by atoms with Crippen LogP contribution in [-0.4, -0.2) is 21.9 Å². The molecule has 0 bridgehead atoms. The minimum atomic E-state index is 0. The molecule has 0 saturated carbocycles. The zero-order valence-corrected chi connectivity index (χ0v) is 6.71. The Hall–Kier alpha value is 0.303. The third kappa shape index (κ3) is 3580. The van der Waals surface area contributed by atoms with E-state index in [9.17, 15) is 0 Å². The van der Waals surface area contributed by atoms with Gasteiger partial charge >= 0.3 is 19.5 Å². The van der Waals surface area contributed by atoms with Crippen LogP contribution < -0.4 is 24.6 Å². The Balaban J connectivity index is 0. The third-order valence-electron chi connectivity index (χ3n) is 0. The smallest absolute Gasteiger partial charge is 0.870 e. The molecule has 0 aliphatic carbocycles. The van der Waals surface area contributed by atoms with Crippen molar-refractivity contribution in [2.24, 2.45) is 0 Å². The molecule has 0 spiro atoms. The van der Waals surface area contributed by atoms with Crippen molar-refractivity contribution in [2.45, 2.75) is 0 Å². The van der Waals surface area contributed by atoms with Crippen LogP contribution in [0.25, 0.3) is 0 Å². The molecule has 0 fully saturated rings. The number of hydrogen-bond donors (Lipinski definition) is 4. The van der Waals surface area contributed by atoms with E-state index < -0.39 is 0 Å². The molecule has 0 rings (SSSR count). The monoisotopic (exact) mass is 238 g/mol. The summed E-state index contributed by atoms with van der Waals surface area (Å²) in [6.45, 7) is 0. The summed E-state index contributed by atoms with van der Waals surface area (Å²) in [4.78, 5) is 0. The molecular formula is H16N4O4Ru. The Labute approximate surface area is 66.7 Å². The topological polar surface area (TPSA) is 260 Å². The largest absolute Gasteiger partial charge is 4.00 e. The molecule has 0 heterocycles. The molecule has 0 aromatic carbocycles. The molecule has 0 unspecified atom stereocenters. The molecule has 0 aliphatic rings. The van der Waals surface area contributed by atoms with Crippen molar-refractivity contribution in [1.82, 2.24) is 24.6 Å². The van der Waals surface area contributed by atoms with E-state index in [0.29, 0.717) is 0 Å². The van der Waals surface area contributed by atoms with Gasteiger partial charge in [-0.2, -0.15) is 0 Å². The molecule has 0 atom stereocenters. The molecule has 0 saturated heterocycles. The summed E-state index contributed by atoms with van der Waals surface area (Å²) in [6, 6.07) is 0. The van der Waals surface area contributed by atoms with Crippen molar-refractivity contribution in [2.75, 3.05) is 0 Å². The van der Waals surface area contributed by atoms with Crippen molar-refractivity contribution in [3.8, 4) is 0 Å². The zero-order valence-electron chi connectivity index (χ0n) is 4.97. The van der Waals surface area contributed by atoms with Crippen LogP contribution in [0.15, 0.2) is 0 Å². The summed E-state index contributed by atoms with van der Waals surface area (Å²) in [6.07, 6.45) is 0. The van der Waals surface area contributed by atoms with Crippen LogP contribution in [0, 0.1) is 0 Å². The van der Waals surface area contributed by atoms with E-state index in [4.69, 9.17) is 0 Å².